The summed E-state index contributed by atoms with van der Waals surface area (Å²) >= 11 is 6.08. The second kappa shape index (κ2) is 5.86. The van der Waals surface area contributed by atoms with Crippen molar-refractivity contribution in [1.82, 2.24) is 0 Å². The van der Waals surface area contributed by atoms with Gasteiger partial charge in [-0.15, -0.1) is 13.2 Å². The Morgan fingerprint density at radius 1 is 1.35 bits per heavy atom. The second-order valence-electron chi connectivity index (χ2n) is 3.05. The molecule has 0 bridgehead atoms. The van der Waals surface area contributed by atoms with E-state index in [0.29, 0.717) is 9.80 Å². The Morgan fingerprint density at radius 2 is 2.00 bits per heavy atom. The van der Waals surface area contributed by atoms with Crippen LogP contribution in [0.25, 0.3) is 0 Å². The normalized spacial score (nSPS) is 11.4. The summed E-state index contributed by atoms with van der Waals surface area (Å²) < 4.78 is 40.7. The molecule has 0 fully saturated rings. The fourth-order valence-corrected chi connectivity index (χ4v) is 1.86. The highest BCUT2D eigenvalue weighted by molar-refractivity contribution is 9.10. The number of carbonyl (C=O) groups is 1. The number of ether oxygens (including phenoxy) is 1. The third-order valence-corrected chi connectivity index (χ3v) is 2.68. The van der Waals surface area contributed by atoms with Crippen LogP contribution in [-0.4, -0.2) is 17.5 Å². The lowest BCUT2D eigenvalue weighted by molar-refractivity contribution is -0.274. The molecular formula is C10H7Br2F3O2. The average molecular weight is 376 g/mol. The van der Waals surface area contributed by atoms with E-state index in [-0.39, 0.29) is 12.0 Å². The molecule has 0 aliphatic rings. The number of Topliss-reactive ketones (excluding diaryl/α,β-unsaturated/α-hetero) is 1. The highest BCUT2D eigenvalue weighted by atomic mass is 79.9. The second-order valence-corrected chi connectivity index (χ2v) is 4.76. The molecule has 0 N–H and O–H groups in total. The fourth-order valence-electron chi connectivity index (χ4n) is 1.16. The molecule has 0 aliphatic carbocycles. The first kappa shape index (κ1) is 14.5. The SMILES string of the molecule is O=C(CCBr)c1ccc(Br)cc1OC(F)(F)F. The Kier molecular flexibility index (Phi) is 5.00. The van der Waals surface area contributed by atoms with Crippen molar-refractivity contribution < 1.29 is 22.7 Å². The van der Waals surface area contributed by atoms with Gasteiger partial charge in [0, 0.05) is 16.2 Å². The van der Waals surface area contributed by atoms with Crippen molar-refractivity contribution in [2.45, 2.75) is 12.8 Å². The van der Waals surface area contributed by atoms with Crippen LogP contribution in [0.2, 0.25) is 0 Å². The van der Waals surface area contributed by atoms with Crippen molar-refractivity contribution in [2.75, 3.05) is 5.33 Å². The molecule has 1 aromatic carbocycles. The van der Waals surface area contributed by atoms with E-state index in [9.17, 15) is 18.0 Å². The van der Waals surface area contributed by atoms with E-state index < -0.39 is 17.9 Å². The summed E-state index contributed by atoms with van der Waals surface area (Å²) in [4.78, 5) is 11.6. The number of alkyl halides is 4. The Bertz CT molecular complexity index is 419. The summed E-state index contributed by atoms with van der Waals surface area (Å²) in [5.74, 6) is -0.897. The van der Waals surface area contributed by atoms with Crippen LogP contribution in [0.3, 0.4) is 0 Å². The largest absolute Gasteiger partial charge is 0.573 e. The zero-order valence-corrected chi connectivity index (χ0v) is 11.5. The molecule has 94 valence electrons. The topological polar surface area (TPSA) is 26.3 Å². The van der Waals surface area contributed by atoms with Crippen LogP contribution in [-0.2, 0) is 0 Å². The van der Waals surface area contributed by atoms with E-state index >= 15 is 0 Å². The van der Waals surface area contributed by atoms with Gasteiger partial charge in [-0.05, 0) is 18.2 Å². The van der Waals surface area contributed by atoms with Gasteiger partial charge in [-0.25, -0.2) is 0 Å². The summed E-state index contributed by atoms with van der Waals surface area (Å²) in [7, 11) is 0. The van der Waals surface area contributed by atoms with Gasteiger partial charge < -0.3 is 4.74 Å². The molecule has 0 amide bonds. The van der Waals surface area contributed by atoms with Crippen molar-refractivity contribution in [1.29, 1.82) is 0 Å². The maximum atomic E-state index is 12.1. The van der Waals surface area contributed by atoms with Crippen LogP contribution in [0.1, 0.15) is 16.8 Å². The number of carbonyl (C=O) groups excluding carboxylic acids is 1. The lowest BCUT2D eigenvalue weighted by Crippen LogP contribution is -2.19. The minimum absolute atomic E-state index is 0.0787. The first-order valence-electron chi connectivity index (χ1n) is 4.48. The number of rotatable bonds is 4. The summed E-state index contributed by atoms with van der Waals surface area (Å²) in [6.45, 7) is 0. The van der Waals surface area contributed by atoms with Crippen molar-refractivity contribution in [3.05, 3.63) is 28.2 Å². The van der Waals surface area contributed by atoms with E-state index in [0.717, 1.165) is 6.07 Å². The Balaban J connectivity index is 3.08. The molecule has 17 heavy (non-hydrogen) atoms. The number of ketones is 1. The monoisotopic (exact) mass is 374 g/mol. The van der Waals surface area contributed by atoms with E-state index in [1.165, 1.54) is 12.1 Å². The maximum Gasteiger partial charge on any atom is 0.573 e. The predicted octanol–water partition coefficient (Wildman–Crippen LogP) is 4.32. The average Bonchev–Trinajstić information content (AvgIpc) is 2.15. The van der Waals surface area contributed by atoms with Gasteiger partial charge >= 0.3 is 6.36 Å². The Morgan fingerprint density at radius 3 is 2.53 bits per heavy atom. The van der Waals surface area contributed by atoms with Gasteiger partial charge in [-0.3, -0.25) is 4.79 Å². The zero-order valence-electron chi connectivity index (χ0n) is 8.35. The molecule has 0 aromatic heterocycles. The highest BCUT2D eigenvalue weighted by Gasteiger charge is 2.32. The minimum Gasteiger partial charge on any atom is -0.405 e. The van der Waals surface area contributed by atoms with Crippen LogP contribution in [0, 0.1) is 0 Å². The van der Waals surface area contributed by atoms with Gasteiger partial charge in [0.05, 0.1) is 5.56 Å². The number of halogens is 5. The van der Waals surface area contributed by atoms with Gasteiger partial charge in [-0.2, -0.15) is 0 Å². The first-order chi connectivity index (χ1) is 7.83. The summed E-state index contributed by atoms with van der Waals surface area (Å²) in [6, 6.07) is 3.91. The van der Waals surface area contributed by atoms with E-state index in [4.69, 9.17) is 0 Å². The molecule has 0 spiro atoms. The molecule has 0 aliphatic heterocycles. The lowest BCUT2D eigenvalue weighted by atomic mass is 10.1. The molecular weight excluding hydrogens is 369 g/mol. The summed E-state index contributed by atoms with van der Waals surface area (Å²) in [5.41, 5.74) is -0.0787. The Hall–Kier alpha value is -0.560. The van der Waals surface area contributed by atoms with Crippen LogP contribution in [0.4, 0.5) is 13.2 Å². The Labute approximate surface area is 112 Å². The van der Waals surface area contributed by atoms with Crippen molar-refractivity contribution in [2.24, 2.45) is 0 Å². The lowest BCUT2D eigenvalue weighted by Gasteiger charge is -2.12. The van der Waals surface area contributed by atoms with E-state index in [1.54, 1.807) is 0 Å². The number of hydrogen-bond donors (Lipinski definition) is 0. The van der Waals surface area contributed by atoms with Gasteiger partial charge in [0.1, 0.15) is 5.75 Å². The molecule has 0 radical (unpaired) electrons. The van der Waals surface area contributed by atoms with Gasteiger partial charge in [-0.1, -0.05) is 31.9 Å². The molecule has 7 heteroatoms. The first-order valence-corrected chi connectivity index (χ1v) is 6.39. The standard InChI is InChI=1S/C10H7Br2F3O2/c11-4-3-8(16)7-2-1-6(12)5-9(7)17-10(13,14)15/h1-2,5H,3-4H2. The van der Waals surface area contributed by atoms with E-state index in [1.807, 2.05) is 0 Å². The third-order valence-electron chi connectivity index (χ3n) is 1.79. The predicted molar refractivity (Wildman–Crippen MR) is 63.6 cm³/mol. The van der Waals surface area contributed by atoms with E-state index in [2.05, 4.69) is 36.6 Å². The van der Waals surface area contributed by atoms with Crippen molar-refractivity contribution in [3.8, 4) is 5.75 Å². The van der Waals surface area contributed by atoms with Crippen LogP contribution >= 0.6 is 31.9 Å². The molecule has 0 saturated heterocycles. The van der Waals surface area contributed by atoms with Crippen LogP contribution in [0.15, 0.2) is 22.7 Å². The smallest absolute Gasteiger partial charge is 0.405 e. The molecule has 1 aromatic rings. The highest BCUT2D eigenvalue weighted by Crippen LogP contribution is 2.30. The van der Waals surface area contributed by atoms with Crippen molar-refractivity contribution >= 4 is 37.6 Å². The molecule has 0 heterocycles. The molecule has 1 rings (SSSR count). The molecule has 2 nitrogen and oxygen atoms in total. The number of hydrogen-bond acceptors (Lipinski definition) is 2. The molecule has 0 atom stereocenters. The minimum atomic E-state index is -4.82. The fraction of sp³-hybridized carbons (Fsp3) is 0.300. The zero-order chi connectivity index (χ0) is 13.1. The van der Waals surface area contributed by atoms with Crippen molar-refractivity contribution in [3.63, 3.8) is 0 Å². The van der Waals surface area contributed by atoms with Gasteiger partial charge in [0.15, 0.2) is 5.78 Å². The summed E-state index contributed by atoms with van der Waals surface area (Å²) in [5, 5.41) is 0.382. The van der Waals surface area contributed by atoms with Crippen LogP contribution < -0.4 is 4.74 Å². The maximum absolute atomic E-state index is 12.1. The molecule has 0 unspecified atom stereocenters. The summed E-state index contributed by atoms with van der Waals surface area (Å²) in [6.07, 6.45) is -4.71. The van der Waals surface area contributed by atoms with Crippen LogP contribution in [0.5, 0.6) is 5.75 Å². The molecule has 0 saturated carbocycles. The van der Waals surface area contributed by atoms with Gasteiger partial charge in [0.2, 0.25) is 0 Å². The quantitative estimate of drug-likeness (QED) is 0.578. The number of benzene rings is 1. The van der Waals surface area contributed by atoms with Gasteiger partial charge in [0.25, 0.3) is 0 Å². The third kappa shape index (κ3) is 4.67.